The Morgan fingerprint density at radius 1 is 1.35 bits per heavy atom. The van der Waals surface area contributed by atoms with Crippen LogP contribution in [0.5, 0.6) is 0 Å². The predicted octanol–water partition coefficient (Wildman–Crippen LogP) is 2.27. The molecule has 1 N–H and O–H groups in total. The first kappa shape index (κ1) is 13.5. The van der Waals surface area contributed by atoms with Crippen LogP contribution in [0.3, 0.4) is 0 Å². The van der Waals surface area contributed by atoms with Crippen LogP contribution in [0.1, 0.15) is 30.4 Å². The van der Waals surface area contributed by atoms with E-state index in [2.05, 4.69) is 16.3 Å². The molecule has 1 aromatic rings. The Labute approximate surface area is 119 Å². The van der Waals surface area contributed by atoms with Crippen LogP contribution in [0.15, 0.2) is 18.2 Å². The number of hydrogen-bond donors (Lipinski definition) is 1. The first-order valence-electron chi connectivity index (χ1n) is 7.39. The summed E-state index contributed by atoms with van der Waals surface area (Å²) in [5, 5.41) is 12.4. The van der Waals surface area contributed by atoms with Crippen LogP contribution >= 0.6 is 0 Å². The smallest absolute Gasteiger partial charge is 0.123 e. The molecular formula is C16H20FN3. The van der Waals surface area contributed by atoms with Crippen LogP contribution in [0.25, 0.3) is 0 Å². The number of nitrogens with zero attached hydrogens (tertiary/aromatic N) is 2. The molecule has 1 unspecified atom stereocenters. The molecule has 0 amide bonds. The van der Waals surface area contributed by atoms with Crippen molar-refractivity contribution >= 4 is 0 Å². The zero-order valence-electron chi connectivity index (χ0n) is 11.6. The minimum atomic E-state index is -0.276. The first-order valence-corrected chi connectivity index (χ1v) is 7.39. The van der Waals surface area contributed by atoms with Crippen molar-refractivity contribution in [3.8, 4) is 6.07 Å². The van der Waals surface area contributed by atoms with Crippen molar-refractivity contribution in [2.75, 3.05) is 19.6 Å². The zero-order chi connectivity index (χ0) is 13.9. The summed E-state index contributed by atoms with van der Waals surface area (Å²) in [5.74, 6) is 0.413. The van der Waals surface area contributed by atoms with E-state index in [0.717, 1.165) is 18.2 Å². The number of rotatable bonds is 5. The van der Waals surface area contributed by atoms with Gasteiger partial charge in [0, 0.05) is 19.1 Å². The van der Waals surface area contributed by atoms with Gasteiger partial charge in [0.2, 0.25) is 0 Å². The maximum Gasteiger partial charge on any atom is 0.123 e. The third-order valence-corrected chi connectivity index (χ3v) is 4.32. The molecule has 2 fully saturated rings. The Balaban J connectivity index is 1.48. The van der Waals surface area contributed by atoms with Crippen LogP contribution in [-0.4, -0.2) is 30.6 Å². The summed E-state index contributed by atoms with van der Waals surface area (Å²) in [5.41, 5.74) is 1.31. The molecule has 2 aliphatic rings. The molecule has 20 heavy (non-hydrogen) atoms. The molecule has 0 radical (unpaired) electrons. The fraction of sp³-hybridized carbons (Fsp3) is 0.562. The van der Waals surface area contributed by atoms with Gasteiger partial charge in [0.15, 0.2) is 0 Å². The zero-order valence-corrected chi connectivity index (χ0v) is 11.6. The fourth-order valence-corrected chi connectivity index (χ4v) is 3.03. The maximum atomic E-state index is 13.2. The van der Waals surface area contributed by atoms with E-state index < -0.39 is 0 Å². The number of halogens is 1. The van der Waals surface area contributed by atoms with Gasteiger partial charge < -0.3 is 10.2 Å². The van der Waals surface area contributed by atoms with Crippen molar-refractivity contribution in [3.05, 3.63) is 35.1 Å². The van der Waals surface area contributed by atoms with Crippen molar-refractivity contribution in [2.24, 2.45) is 5.92 Å². The Morgan fingerprint density at radius 2 is 2.20 bits per heavy atom. The average molecular weight is 273 g/mol. The van der Waals surface area contributed by atoms with E-state index in [1.165, 1.54) is 44.5 Å². The lowest BCUT2D eigenvalue weighted by Crippen LogP contribution is -2.27. The summed E-state index contributed by atoms with van der Waals surface area (Å²) < 4.78 is 13.2. The van der Waals surface area contributed by atoms with Crippen LogP contribution in [0.2, 0.25) is 0 Å². The Hall–Kier alpha value is -1.44. The maximum absolute atomic E-state index is 13.2. The number of hydrogen-bond acceptors (Lipinski definition) is 3. The molecule has 1 saturated heterocycles. The predicted molar refractivity (Wildman–Crippen MR) is 75.5 cm³/mol. The summed E-state index contributed by atoms with van der Waals surface area (Å²) in [7, 11) is 0. The van der Waals surface area contributed by atoms with Gasteiger partial charge in [0.25, 0.3) is 0 Å². The molecule has 1 atom stereocenters. The first-order chi connectivity index (χ1) is 9.76. The van der Waals surface area contributed by atoms with Crippen LogP contribution in [0.4, 0.5) is 4.39 Å². The quantitative estimate of drug-likeness (QED) is 0.894. The molecule has 1 heterocycles. The lowest BCUT2D eigenvalue weighted by molar-refractivity contribution is 0.312. The van der Waals surface area contributed by atoms with E-state index in [-0.39, 0.29) is 5.82 Å². The van der Waals surface area contributed by atoms with E-state index in [1.54, 1.807) is 6.07 Å². The third kappa shape index (κ3) is 3.17. The van der Waals surface area contributed by atoms with Gasteiger partial charge in [-0.2, -0.15) is 5.26 Å². The van der Waals surface area contributed by atoms with Crippen LogP contribution in [0, 0.1) is 23.1 Å². The summed E-state index contributed by atoms with van der Waals surface area (Å²) >= 11 is 0. The highest BCUT2D eigenvalue weighted by Gasteiger charge is 2.33. The summed E-state index contributed by atoms with van der Waals surface area (Å²) in [6.07, 6.45) is 3.99. The Bertz CT molecular complexity index is 519. The third-order valence-electron chi connectivity index (χ3n) is 4.32. The summed E-state index contributed by atoms with van der Waals surface area (Å²) in [6.45, 7) is 3.93. The van der Waals surface area contributed by atoms with Gasteiger partial charge in [-0.1, -0.05) is 0 Å². The molecular weight excluding hydrogens is 253 g/mol. The number of nitrogens with one attached hydrogen (secondary N) is 1. The van der Waals surface area contributed by atoms with Crippen LogP contribution in [-0.2, 0) is 6.54 Å². The van der Waals surface area contributed by atoms with E-state index in [1.807, 2.05) is 0 Å². The van der Waals surface area contributed by atoms with Gasteiger partial charge in [-0.05, 0) is 62.0 Å². The van der Waals surface area contributed by atoms with E-state index in [0.29, 0.717) is 18.0 Å². The van der Waals surface area contributed by atoms with E-state index in [9.17, 15) is 4.39 Å². The molecule has 0 aromatic heterocycles. The number of nitriles is 1. The molecule has 0 spiro atoms. The second-order valence-corrected chi connectivity index (χ2v) is 5.92. The molecule has 106 valence electrons. The van der Waals surface area contributed by atoms with Gasteiger partial charge in [-0.25, -0.2) is 4.39 Å². The average Bonchev–Trinajstić information content (AvgIpc) is 3.19. The highest BCUT2D eigenvalue weighted by atomic mass is 19.1. The highest BCUT2D eigenvalue weighted by Crippen LogP contribution is 2.31. The van der Waals surface area contributed by atoms with E-state index in [4.69, 9.17) is 5.26 Å². The van der Waals surface area contributed by atoms with E-state index >= 15 is 0 Å². The van der Waals surface area contributed by atoms with Crippen molar-refractivity contribution in [3.63, 3.8) is 0 Å². The Kier molecular flexibility index (Phi) is 4.00. The van der Waals surface area contributed by atoms with Crippen molar-refractivity contribution in [1.82, 2.24) is 10.2 Å². The largest absolute Gasteiger partial charge is 0.312 e. The normalized spacial score (nSPS) is 22.9. The molecule has 1 aliphatic carbocycles. The van der Waals surface area contributed by atoms with Crippen molar-refractivity contribution in [1.29, 1.82) is 5.26 Å². The van der Waals surface area contributed by atoms with Gasteiger partial charge in [-0.3, -0.25) is 0 Å². The van der Waals surface area contributed by atoms with Crippen LogP contribution < -0.4 is 5.32 Å². The fourth-order valence-electron chi connectivity index (χ4n) is 3.03. The van der Waals surface area contributed by atoms with Gasteiger partial charge in [0.05, 0.1) is 11.6 Å². The Morgan fingerprint density at radius 3 is 2.95 bits per heavy atom. The lowest BCUT2D eigenvalue weighted by Gasteiger charge is -2.15. The SMILES string of the molecule is N#Cc1ccc(F)cc1CNCC1CCN(C2CC2)C1. The molecule has 3 rings (SSSR count). The second-order valence-electron chi connectivity index (χ2n) is 5.92. The minimum Gasteiger partial charge on any atom is -0.312 e. The molecule has 0 bridgehead atoms. The van der Waals surface area contributed by atoms with Gasteiger partial charge in [0.1, 0.15) is 5.82 Å². The lowest BCUT2D eigenvalue weighted by atomic mass is 10.1. The molecule has 1 aliphatic heterocycles. The molecule has 1 saturated carbocycles. The molecule has 3 nitrogen and oxygen atoms in total. The topological polar surface area (TPSA) is 39.1 Å². The summed E-state index contributed by atoms with van der Waals surface area (Å²) in [6, 6.07) is 7.32. The highest BCUT2D eigenvalue weighted by molar-refractivity contribution is 5.37. The van der Waals surface area contributed by atoms with Gasteiger partial charge >= 0.3 is 0 Å². The molecule has 1 aromatic carbocycles. The number of benzene rings is 1. The van der Waals surface area contributed by atoms with Gasteiger partial charge in [-0.15, -0.1) is 0 Å². The number of likely N-dealkylation sites (tertiary alicyclic amines) is 1. The monoisotopic (exact) mass is 273 g/mol. The standard InChI is InChI=1S/C16H20FN3/c17-15-2-1-13(8-18)14(7-15)10-19-9-12-5-6-20(11-12)16-3-4-16/h1-2,7,12,16,19H,3-6,9-11H2. The minimum absolute atomic E-state index is 0.276. The van der Waals surface area contributed by atoms with Crippen molar-refractivity contribution in [2.45, 2.75) is 31.8 Å². The molecule has 4 heteroatoms. The van der Waals surface area contributed by atoms with Crippen molar-refractivity contribution < 1.29 is 4.39 Å². The summed E-state index contributed by atoms with van der Waals surface area (Å²) in [4.78, 5) is 2.59. The second kappa shape index (κ2) is 5.90.